The van der Waals surface area contributed by atoms with Crippen molar-refractivity contribution in [2.45, 2.75) is 77.4 Å². The zero-order valence-corrected chi connectivity index (χ0v) is 14.0. The quantitative estimate of drug-likeness (QED) is 0.806. The lowest BCUT2D eigenvalue weighted by atomic mass is 9.93. The van der Waals surface area contributed by atoms with Gasteiger partial charge in [-0.15, -0.1) is 0 Å². The molecule has 0 aromatic carbocycles. The molecule has 0 aliphatic carbocycles. The molecule has 2 atom stereocenters. The number of imide groups is 1. The fourth-order valence-electron chi connectivity index (χ4n) is 3.68. The van der Waals surface area contributed by atoms with E-state index < -0.39 is 11.6 Å². The summed E-state index contributed by atoms with van der Waals surface area (Å²) in [7, 11) is 0. The molecule has 2 aliphatic heterocycles. The van der Waals surface area contributed by atoms with Crippen LogP contribution in [0.1, 0.15) is 59.8 Å². The lowest BCUT2D eigenvalue weighted by Crippen LogP contribution is -2.52. The van der Waals surface area contributed by atoms with Gasteiger partial charge in [-0.05, 0) is 46.0 Å². The topological polar surface area (TPSA) is 69.7 Å². The number of piperidine rings is 1. The van der Waals surface area contributed by atoms with Gasteiger partial charge in [0, 0.05) is 12.1 Å². The van der Waals surface area contributed by atoms with E-state index >= 15 is 0 Å². The van der Waals surface area contributed by atoms with Crippen LogP contribution in [0.25, 0.3) is 0 Å². The van der Waals surface area contributed by atoms with Gasteiger partial charge in [-0.1, -0.05) is 13.8 Å². The van der Waals surface area contributed by atoms with Gasteiger partial charge in [-0.2, -0.15) is 0 Å². The summed E-state index contributed by atoms with van der Waals surface area (Å²) in [5.74, 6) is -0.403. The molecule has 2 saturated heterocycles. The molecule has 0 aromatic rings. The van der Waals surface area contributed by atoms with Crippen molar-refractivity contribution >= 4 is 17.8 Å². The van der Waals surface area contributed by atoms with Crippen LogP contribution in [-0.4, -0.2) is 51.8 Å². The smallest absolute Gasteiger partial charge is 0.325 e. The second-order valence-corrected chi connectivity index (χ2v) is 6.54. The minimum Gasteiger partial charge on any atom is -0.336 e. The van der Waals surface area contributed by atoms with Crippen LogP contribution in [0.4, 0.5) is 4.79 Å². The maximum atomic E-state index is 12.6. The third-order valence-corrected chi connectivity index (χ3v) is 5.23. The van der Waals surface area contributed by atoms with Gasteiger partial charge in [0.25, 0.3) is 5.91 Å². The van der Waals surface area contributed by atoms with Crippen molar-refractivity contribution in [1.82, 2.24) is 15.1 Å². The molecular weight excluding hydrogens is 282 g/mol. The first-order valence-electron chi connectivity index (χ1n) is 8.31. The molecule has 0 radical (unpaired) electrons. The highest BCUT2D eigenvalue weighted by atomic mass is 16.2. The minimum atomic E-state index is -0.837. The van der Waals surface area contributed by atoms with Crippen molar-refractivity contribution in [3.8, 4) is 0 Å². The molecule has 0 spiro atoms. The Hall–Kier alpha value is -1.59. The SMILES string of the molecule is CCC1(CC)NC(=O)N(CC(=O)N2C(C)CCCC2C)C1=O. The number of hydrogen-bond donors (Lipinski definition) is 1. The molecule has 124 valence electrons. The highest BCUT2D eigenvalue weighted by Crippen LogP contribution is 2.26. The molecule has 2 fully saturated rings. The standard InChI is InChI=1S/C16H27N3O3/c1-5-16(6-2)14(21)18(15(22)17-16)10-13(20)19-11(3)8-7-9-12(19)4/h11-12H,5-10H2,1-4H3,(H,17,22). The molecule has 1 N–H and O–H groups in total. The van der Waals surface area contributed by atoms with Crippen LogP contribution in [0.15, 0.2) is 0 Å². The molecule has 6 heteroatoms. The van der Waals surface area contributed by atoms with E-state index in [-0.39, 0.29) is 30.4 Å². The average molecular weight is 309 g/mol. The number of likely N-dealkylation sites (tertiary alicyclic amines) is 1. The molecule has 2 unspecified atom stereocenters. The van der Waals surface area contributed by atoms with Crippen LogP contribution in [0.3, 0.4) is 0 Å². The summed E-state index contributed by atoms with van der Waals surface area (Å²) in [6, 6.07) is -0.113. The zero-order chi connectivity index (χ0) is 16.5. The van der Waals surface area contributed by atoms with Crippen molar-refractivity contribution in [3.63, 3.8) is 0 Å². The van der Waals surface area contributed by atoms with Gasteiger partial charge in [-0.3, -0.25) is 14.5 Å². The summed E-state index contributed by atoms with van der Waals surface area (Å²) in [6.07, 6.45) is 4.14. The second kappa shape index (κ2) is 6.26. The van der Waals surface area contributed by atoms with E-state index in [0.29, 0.717) is 12.8 Å². The first-order chi connectivity index (χ1) is 10.4. The van der Waals surface area contributed by atoms with E-state index in [1.807, 2.05) is 32.6 Å². The first kappa shape index (κ1) is 16.8. The van der Waals surface area contributed by atoms with Crippen LogP contribution < -0.4 is 5.32 Å². The molecule has 0 aromatic heterocycles. The van der Waals surface area contributed by atoms with E-state index in [1.165, 1.54) is 0 Å². The van der Waals surface area contributed by atoms with E-state index in [9.17, 15) is 14.4 Å². The first-order valence-corrected chi connectivity index (χ1v) is 8.31. The van der Waals surface area contributed by atoms with Crippen molar-refractivity contribution in [3.05, 3.63) is 0 Å². The van der Waals surface area contributed by atoms with Crippen molar-refractivity contribution in [2.75, 3.05) is 6.54 Å². The lowest BCUT2D eigenvalue weighted by molar-refractivity contribution is -0.142. The highest BCUT2D eigenvalue weighted by Gasteiger charge is 2.49. The zero-order valence-electron chi connectivity index (χ0n) is 14.0. The van der Waals surface area contributed by atoms with Gasteiger partial charge >= 0.3 is 6.03 Å². The van der Waals surface area contributed by atoms with Gasteiger partial charge in [-0.25, -0.2) is 4.79 Å². The summed E-state index contributed by atoms with van der Waals surface area (Å²) in [6.45, 7) is 7.66. The normalized spacial score (nSPS) is 28.0. The Morgan fingerprint density at radius 1 is 1.18 bits per heavy atom. The van der Waals surface area contributed by atoms with Crippen molar-refractivity contribution < 1.29 is 14.4 Å². The Bertz CT molecular complexity index is 463. The molecule has 6 nitrogen and oxygen atoms in total. The van der Waals surface area contributed by atoms with Crippen LogP contribution in [-0.2, 0) is 9.59 Å². The van der Waals surface area contributed by atoms with Gasteiger partial charge < -0.3 is 10.2 Å². The second-order valence-electron chi connectivity index (χ2n) is 6.54. The Morgan fingerprint density at radius 2 is 1.73 bits per heavy atom. The largest absolute Gasteiger partial charge is 0.336 e. The van der Waals surface area contributed by atoms with Crippen LogP contribution in [0.5, 0.6) is 0 Å². The number of hydrogen-bond acceptors (Lipinski definition) is 3. The summed E-state index contributed by atoms with van der Waals surface area (Å²) in [5, 5.41) is 2.76. The highest BCUT2D eigenvalue weighted by molar-refractivity contribution is 6.09. The van der Waals surface area contributed by atoms with Gasteiger partial charge in [0.2, 0.25) is 5.91 Å². The van der Waals surface area contributed by atoms with E-state index in [4.69, 9.17) is 0 Å². The summed E-state index contributed by atoms with van der Waals surface area (Å²) >= 11 is 0. The fourth-order valence-corrected chi connectivity index (χ4v) is 3.68. The van der Waals surface area contributed by atoms with E-state index in [1.54, 1.807) is 0 Å². The average Bonchev–Trinajstić information content (AvgIpc) is 2.72. The van der Waals surface area contributed by atoms with Crippen molar-refractivity contribution in [2.24, 2.45) is 0 Å². The minimum absolute atomic E-state index is 0.133. The number of nitrogens with one attached hydrogen (secondary N) is 1. The monoisotopic (exact) mass is 309 g/mol. The van der Waals surface area contributed by atoms with Gasteiger partial charge in [0.15, 0.2) is 0 Å². The number of amides is 4. The maximum absolute atomic E-state index is 12.6. The van der Waals surface area contributed by atoms with Gasteiger partial charge in [0.1, 0.15) is 12.1 Å². The number of nitrogens with zero attached hydrogens (tertiary/aromatic N) is 2. The van der Waals surface area contributed by atoms with Gasteiger partial charge in [0.05, 0.1) is 0 Å². The van der Waals surface area contributed by atoms with E-state index in [0.717, 1.165) is 24.2 Å². The Morgan fingerprint density at radius 3 is 2.18 bits per heavy atom. The molecule has 2 aliphatic rings. The van der Waals surface area contributed by atoms with Crippen LogP contribution in [0, 0.1) is 0 Å². The summed E-state index contributed by atoms with van der Waals surface area (Å²) < 4.78 is 0. The molecular formula is C16H27N3O3. The predicted molar refractivity (Wildman–Crippen MR) is 83.2 cm³/mol. The third-order valence-electron chi connectivity index (χ3n) is 5.23. The van der Waals surface area contributed by atoms with Crippen LogP contribution in [0.2, 0.25) is 0 Å². The maximum Gasteiger partial charge on any atom is 0.325 e. The molecule has 4 amide bonds. The fraction of sp³-hybridized carbons (Fsp3) is 0.812. The Labute approximate surface area is 132 Å². The molecule has 0 saturated carbocycles. The van der Waals surface area contributed by atoms with E-state index in [2.05, 4.69) is 5.32 Å². The number of urea groups is 1. The number of rotatable bonds is 4. The third kappa shape index (κ3) is 2.71. The molecule has 2 heterocycles. The Kier molecular flexibility index (Phi) is 4.78. The van der Waals surface area contributed by atoms with Crippen molar-refractivity contribution in [1.29, 1.82) is 0 Å². The molecule has 0 bridgehead atoms. The molecule has 2 rings (SSSR count). The summed E-state index contributed by atoms with van der Waals surface area (Å²) in [4.78, 5) is 40.2. The molecule has 22 heavy (non-hydrogen) atoms. The summed E-state index contributed by atoms with van der Waals surface area (Å²) in [5.41, 5.74) is -0.837. The predicted octanol–water partition coefficient (Wildman–Crippen LogP) is 1.89. The lowest BCUT2D eigenvalue weighted by Gasteiger charge is -2.39. The van der Waals surface area contributed by atoms with Crippen LogP contribution >= 0.6 is 0 Å². The Balaban J connectivity index is 2.11. The number of carbonyl (C=O) groups is 3. The number of carbonyl (C=O) groups excluding carboxylic acids is 3.